The molecular formula is C19H28FN3O2. The molecule has 1 aromatic rings. The number of nitrogens with zero attached hydrogens (tertiary/aromatic N) is 1. The van der Waals surface area contributed by atoms with Gasteiger partial charge in [-0.3, -0.25) is 9.69 Å². The molecule has 25 heavy (non-hydrogen) atoms. The van der Waals surface area contributed by atoms with E-state index < -0.39 is 0 Å². The third kappa shape index (κ3) is 4.57. The molecule has 1 amide bonds. The lowest BCUT2D eigenvalue weighted by Gasteiger charge is -2.35. The zero-order chi connectivity index (χ0) is 17.6. The van der Waals surface area contributed by atoms with Gasteiger partial charge in [-0.2, -0.15) is 0 Å². The summed E-state index contributed by atoms with van der Waals surface area (Å²) in [6.07, 6.45) is 3.04. The minimum atomic E-state index is -0.245. The second kappa shape index (κ2) is 8.74. The van der Waals surface area contributed by atoms with Gasteiger partial charge >= 0.3 is 0 Å². The van der Waals surface area contributed by atoms with Crippen molar-refractivity contribution in [2.75, 3.05) is 39.4 Å². The van der Waals surface area contributed by atoms with E-state index in [0.29, 0.717) is 32.2 Å². The Labute approximate surface area is 148 Å². The van der Waals surface area contributed by atoms with Crippen molar-refractivity contribution in [3.05, 3.63) is 35.6 Å². The fraction of sp³-hybridized carbons (Fsp3) is 0.632. The highest BCUT2D eigenvalue weighted by molar-refractivity contribution is 5.79. The van der Waals surface area contributed by atoms with Crippen molar-refractivity contribution in [1.82, 2.24) is 10.2 Å². The number of ether oxygens (including phenoxy) is 1. The molecular weight excluding hydrogens is 321 g/mol. The summed E-state index contributed by atoms with van der Waals surface area (Å²) in [5.74, 6) is 0.190. The van der Waals surface area contributed by atoms with Gasteiger partial charge in [0.25, 0.3) is 0 Å². The first-order valence-electron chi connectivity index (χ1n) is 9.24. The van der Waals surface area contributed by atoms with Gasteiger partial charge in [0.1, 0.15) is 5.82 Å². The van der Waals surface area contributed by atoms with Crippen molar-refractivity contribution in [2.24, 2.45) is 17.6 Å². The van der Waals surface area contributed by atoms with Crippen LogP contribution in [0.3, 0.4) is 0 Å². The van der Waals surface area contributed by atoms with Gasteiger partial charge in [0, 0.05) is 25.6 Å². The molecule has 3 N–H and O–H groups in total. The SMILES string of the molecule is NC[C@H]1CCC[C@H]1C(=O)NCC(c1ccc(F)cc1)N1CCOCC1. The Morgan fingerprint density at radius 2 is 2.00 bits per heavy atom. The first kappa shape index (κ1) is 18.3. The fourth-order valence-corrected chi connectivity index (χ4v) is 4.02. The van der Waals surface area contributed by atoms with Crippen LogP contribution < -0.4 is 11.1 Å². The molecule has 1 saturated heterocycles. The number of benzene rings is 1. The van der Waals surface area contributed by atoms with Gasteiger partial charge in [0.15, 0.2) is 0 Å². The van der Waals surface area contributed by atoms with Gasteiger partial charge in [-0.25, -0.2) is 4.39 Å². The van der Waals surface area contributed by atoms with Crippen molar-refractivity contribution in [3.63, 3.8) is 0 Å². The minimum Gasteiger partial charge on any atom is -0.379 e. The van der Waals surface area contributed by atoms with E-state index in [-0.39, 0.29) is 23.7 Å². The molecule has 1 saturated carbocycles. The Kier molecular flexibility index (Phi) is 6.39. The van der Waals surface area contributed by atoms with Gasteiger partial charge in [-0.05, 0) is 43.0 Å². The molecule has 0 spiro atoms. The quantitative estimate of drug-likeness (QED) is 0.820. The highest BCUT2D eigenvalue weighted by atomic mass is 19.1. The van der Waals surface area contributed by atoms with Crippen molar-refractivity contribution in [1.29, 1.82) is 0 Å². The summed E-state index contributed by atoms with van der Waals surface area (Å²) < 4.78 is 18.7. The average molecular weight is 349 g/mol. The molecule has 1 aromatic carbocycles. The number of amides is 1. The summed E-state index contributed by atoms with van der Waals surface area (Å²) in [6, 6.07) is 6.60. The van der Waals surface area contributed by atoms with Crippen LogP contribution in [0.1, 0.15) is 30.9 Å². The molecule has 0 aromatic heterocycles. The van der Waals surface area contributed by atoms with Crippen molar-refractivity contribution in [3.8, 4) is 0 Å². The van der Waals surface area contributed by atoms with Crippen LogP contribution in [0.5, 0.6) is 0 Å². The molecule has 1 heterocycles. The number of rotatable bonds is 6. The Morgan fingerprint density at radius 3 is 2.68 bits per heavy atom. The maximum atomic E-state index is 13.3. The van der Waals surface area contributed by atoms with E-state index >= 15 is 0 Å². The van der Waals surface area contributed by atoms with Crippen LogP contribution in [0.15, 0.2) is 24.3 Å². The lowest BCUT2D eigenvalue weighted by Crippen LogP contribution is -2.45. The van der Waals surface area contributed by atoms with E-state index in [1.54, 1.807) is 12.1 Å². The number of nitrogens with one attached hydrogen (secondary N) is 1. The lowest BCUT2D eigenvalue weighted by atomic mass is 9.95. The van der Waals surface area contributed by atoms with Gasteiger partial charge in [0.05, 0.1) is 19.3 Å². The normalized spacial score (nSPS) is 25.7. The lowest BCUT2D eigenvalue weighted by molar-refractivity contribution is -0.126. The molecule has 5 nitrogen and oxygen atoms in total. The van der Waals surface area contributed by atoms with Crippen LogP contribution >= 0.6 is 0 Å². The Balaban J connectivity index is 1.66. The molecule has 138 valence electrons. The summed E-state index contributed by atoms with van der Waals surface area (Å²) in [6.45, 7) is 4.09. The number of carbonyl (C=O) groups excluding carboxylic acids is 1. The van der Waals surface area contributed by atoms with Crippen LogP contribution in [0.2, 0.25) is 0 Å². The molecule has 2 aliphatic rings. The van der Waals surface area contributed by atoms with Crippen LogP contribution in [-0.2, 0) is 9.53 Å². The van der Waals surface area contributed by atoms with Gasteiger partial charge in [-0.1, -0.05) is 18.6 Å². The molecule has 0 radical (unpaired) electrons. The monoisotopic (exact) mass is 349 g/mol. The molecule has 6 heteroatoms. The van der Waals surface area contributed by atoms with Gasteiger partial charge in [0.2, 0.25) is 5.91 Å². The zero-order valence-corrected chi connectivity index (χ0v) is 14.6. The van der Waals surface area contributed by atoms with E-state index in [4.69, 9.17) is 10.5 Å². The Morgan fingerprint density at radius 1 is 1.28 bits per heavy atom. The third-order valence-corrected chi connectivity index (χ3v) is 5.51. The van der Waals surface area contributed by atoms with Crippen LogP contribution in [0.4, 0.5) is 4.39 Å². The van der Waals surface area contributed by atoms with Crippen molar-refractivity contribution < 1.29 is 13.9 Å². The van der Waals surface area contributed by atoms with E-state index in [1.807, 2.05) is 0 Å². The second-order valence-electron chi connectivity index (χ2n) is 6.99. The molecule has 1 aliphatic heterocycles. The smallest absolute Gasteiger partial charge is 0.223 e. The van der Waals surface area contributed by atoms with Crippen LogP contribution in [-0.4, -0.2) is 50.2 Å². The first-order valence-corrected chi connectivity index (χ1v) is 9.24. The molecule has 2 fully saturated rings. The summed E-state index contributed by atoms with van der Waals surface area (Å²) in [7, 11) is 0. The summed E-state index contributed by atoms with van der Waals surface area (Å²) in [4.78, 5) is 14.9. The first-order chi connectivity index (χ1) is 12.2. The summed E-state index contributed by atoms with van der Waals surface area (Å²) in [5, 5.41) is 3.13. The van der Waals surface area contributed by atoms with E-state index in [2.05, 4.69) is 10.2 Å². The molecule has 0 bridgehead atoms. The van der Waals surface area contributed by atoms with Crippen LogP contribution in [0, 0.1) is 17.7 Å². The van der Waals surface area contributed by atoms with E-state index in [9.17, 15) is 9.18 Å². The molecule has 1 aliphatic carbocycles. The van der Waals surface area contributed by atoms with Gasteiger partial charge < -0.3 is 15.8 Å². The number of hydrogen-bond donors (Lipinski definition) is 2. The molecule has 3 atom stereocenters. The fourth-order valence-electron chi connectivity index (χ4n) is 4.02. The highest BCUT2D eigenvalue weighted by Crippen LogP contribution is 2.31. The molecule has 1 unspecified atom stereocenters. The van der Waals surface area contributed by atoms with Crippen LogP contribution in [0.25, 0.3) is 0 Å². The predicted molar refractivity (Wildman–Crippen MR) is 94.4 cm³/mol. The maximum Gasteiger partial charge on any atom is 0.223 e. The number of halogens is 1. The number of hydrogen-bond acceptors (Lipinski definition) is 4. The maximum absolute atomic E-state index is 13.3. The van der Waals surface area contributed by atoms with E-state index in [0.717, 1.165) is 37.9 Å². The average Bonchev–Trinajstić information content (AvgIpc) is 3.13. The van der Waals surface area contributed by atoms with Crippen molar-refractivity contribution in [2.45, 2.75) is 25.3 Å². The second-order valence-corrected chi connectivity index (χ2v) is 6.99. The Hall–Kier alpha value is -1.50. The van der Waals surface area contributed by atoms with Gasteiger partial charge in [-0.15, -0.1) is 0 Å². The van der Waals surface area contributed by atoms with E-state index in [1.165, 1.54) is 12.1 Å². The minimum absolute atomic E-state index is 0.0311. The zero-order valence-electron chi connectivity index (χ0n) is 14.6. The number of nitrogens with two attached hydrogens (primary N) is 1. The number of carbonyl (C=O) groups is 1. The Bertz CT molecular complexity index is 560. The number of morpholine rings is 1. The summed E-state index contributed by atoms with van der Waals surface area (Å²) in [5.41, 5.74) is 6.82. The topological polar surface area (TPSA) is 67.6 Å². The molecule has 3 rings (SSSR count). The highest BCUT2D eigenvalue weighted by Gasteiger charge is 2.32. The summed E-state index contributed by atoms with van der Waals surface area (Å²) >= 11 is 0. The third-order valence-electron chi connectivity index (χ3n) is 5.51. The predicted octanol–water partition coefficient (Wildman–Crippen LogP) is 1.69. The standard InChI is InChI=1S/C19H28FN3O2/c20-16-6-4-14(5-7-16)18(23-8-10-25-11-9-23)13-22-19(24)17-3-1-2-15(17)12-21/h4-7,15,17-18H,1-3,8-13,21H2,(H,22,24)/t15-,17-,18?/m1/s1. The largest absolute Gasteiger partial charge is 0.379 e. The van der Waals surface area contributed by atoms with Crippen molar-refractivity contribution >= 4 is 5.91 Å².